The number of hydrogen-bond acceptors (Lipinski definition) is 4. The molecule has 154 valence electrons. The number of para-hydroxylation sites is 1. The second-order valence-electron chi connectivity index (χ2n) is 7.82. The van der Waals surface area contributed by atoms with Crippen molar-refractivity contribution >= 4 is 17.4 Å². The van der Waals surface area contributed by atoms with Crippen LogP contribution in [0.4, 0.5) is 4.79 Å². The van der Waals surface area contributed by atoms with Crippen molar-refractivity contribution in [1.82, 2.24) is 15.1 Å². The number of amides is 2. The van der Waals surface area contributed by atoms with Crippen LogP contribution in [0.5, 0.6) is 5.75 Å². The van der Waals surface area contributed by atoms with Gasteiger partial charge in [-0.15, -0.1) is 0 Å². The molecule has 1 atom stereocenters. The van der Waals surface area contributed by atoms with E-state index in [1.807, 2.05) is 41.3 Å². The van der Waals surface area contributed by atoms with Crippen LogP contribution >= 0.6 is 11.3 Å². The Morgan fingerprint density at radius 3 is 2.63 bits per heavy atom. The molecule has 1 saturated heterocycles. The smallest absolute Gasteiger partial charge is 0.318 e. The van der Waals surface area contributed by atoms with E-state index in [9.17, 15) is 4.79 Å². The summed E-state index contributed by atoms with van der Waals surface area (Å²) in [6, 6.07) is 20.5. The average Bonchev–Trinajstić information content (AvgIpc) is 3.27. The van der Waals surface area contributed by atoms with Gasteiger partial charge in [-0.1, -0.05) is 48.5 Å². The van der Waals surface area contributed by atoms with E-state index in [-0.39, 0.29) is 18.1 Å². The molecule has 2 aliphatic heterocycles. The number of rotatable bonds is 4. The monoisotopic (exact) mass is 419 g/mol. The molecule has 5 nitrogen and oxygen atoms in total. The van der Waals surface area contributed by atoms with Gasteiger partial charge in [-0.25, -0.2) is 4.79 Å². The lowest BCUT2D eigenvalue weighted by molar-refractivity contribution is 0.0348. The highest BCUT2D eigenvalue weighted by molar-refractivity contribution is 7.07. The quantitative estimate of drug-likeness (QED) is 0.692. The fourth-order valence-electron chi connectivity index (χ4n) is 4.36. The summed E-state index contributed by atoms with van der Waals surface area (Å²) in [6.45, 7) is 3.64. The fourth-order valence-corrected chi connectivity index (χ4v) is 5.02. The van der Waals surface area contributed by atoms with E-state index < -0.39 is 0 Å². The number of urea groups is 1. The second kappa shape index (κ2) is 8.50. The number of benzene rings is 2. The molecule has 1 N–H and O–H groups in total. The van der Waals surface area contributed by atoms with Gasteiger partial charge in [0.25, 0.3) is 0 Å². The lowest BCUT2D eigenvalue weighted by Gasteiger charge is -2.48. The Morgan fingerprint density at radius 2 is 1.83 bits per heavy atom. The molecule has 0 spiro atoms. The van der Waals surface area contributed by atoms with Gasteiger partial charge in [0.15, 0.2) is 0 Å². The highest BCUT2D eigenvalue weighted by Gasteiger charge is 2.40. The Kier molecular flexibility index (Phi) is 5.43. The molecule has 3 heterocycles. The van der Waals surface area contributed by atoms with E-state index in [0.717, 1.165) is 36.5 Å². The zero-order valence-electron chi connectivity index (χ0n) is 16.7. The van der Waals surface area contributed by atoms with Crippen molar-refractivity contribution in [2.75, 3.05) is 26.2 Å². The van der Waals surface area contributed by atoms with Crippen LogP contribution in [0.25, 0.3) is 0 Å². The minimum atomic E-state index is -0.186. The summed E-state index contributed by atoms with van der Waals surface area (Å²) < 4.78 is 6.03. The molecule has 2 aliphatic rings. The van der Waals surface area contributed by atoms with Crippen molar-refractivity contribution in [3.8, 4) is 5.75 Å². The molecule has 2 aromatic carbocycles. The van der Waals surface area contributed by atoms with Crippen LogP contribution in [0.3, 0.4) is 0 Å². The number of carbonyl (C=O) groups excluding carboxylic acids is 1. The van der Waals surface area contributed by atoms with Crippen molar-refractivity contribution < 1.29 is 9.53 Å². The first-order valence-electron chi connectivity index (χ1n) is 10.4. The summed E-state index contributed by atoms with van der Waals surface area (Å²) in [4.78, 5) is 17.7. The van der Waals surface area contributed by atoms with Gasteiger partial charge in [-0.2, -0.15) is 11.3 Å². The predicted octanol–water partition coefficient (Wildman–Crippen LogP) is 4.13. The Labute approximate surface area is 180 Å². The lowest BCUT2D eigenvalue weighted by Crippen LogP contribution is -2.62. The van der Waals surface area contributed by atoms with Gasteiger partial charge in [-0.05, 0) is 34.0 Å². The molecule has 30 heavy (non-hydrogen) atoms. The molecule has 2 amide bonds. The second-order valence-corrected chi connectivity index (χ2v) is 8.60. The minimum absolute atomic E-state index is 0.0238. The first-order chi connectivity index (χ1) is 14.8. The first-order valence-corrected chi connectivity index (χ1v) is 11.3. The summed E-state index contributed by atoms with van der Waals surface area (Å²) >= 11 is 1.73. The summed E-state index contributed by atoms with van der Waals surface area (Å²) in [7, 11) is 0. The summed E-state index contributed by atoms with van der Waals surface area (Å²) in [5.74, 6) is 0.849. The molecule has 6 heteroatoms. The molecule has 0 bridgehead atoms. The van der Waals surface area contributed by atoms with Gasteiger partial charge in [0.2, 0.25) is 0 Å². The Balaban J connectivity index is 1.48. The van der Waals surface area contributed by atoms with Crippen LogP contribution in [-0.4, -0.2) is 48.1 Å². The third kappa shape index (κ3) is 3.80. The van der Waals surface area contributed by atoms with Crippen molar-refractivity contribution in [3.05, 3.63) is 88.1 Å². The summed E-state index contributed by atoms with van der Waals surface area (Å²) in [5.41, 5.74) is 3.48. The van der Waals surface area contributed by atoms with Gasteiger partial charge in [0.1, 0.15) is 12.4 Å². The zero-order valence-corrected chi connectivity index (χ0v) is 17.6. The van der Waals surface area contributed by atoms with E-state index in [4.69, 9.17) is 4.74 Å². The van der Waals surface area contributed by atoms with E-state index in [2.05, 4.69) is 45.2 Å². The predicted molar refractivity (Wildman–Crippen MR) is 119 cm³/mol. The maximum atomic E-state index is 13.3. The number of hydrogen-bond donors (Lipinski definition) is 1. The largest absolute Gasteiger partial charge is 0.491 e. The zero-order chi connectivity index (χ0) is 20.3. The SMILES string of the molecule is O=C1NCCOc2ccccc2C(c2ccccc2)N1C1CN(Cc2ccsc2)C1. The number of ether oxygens (including phenoxy) is 1. The van der Waals surface area contributed by atoms with Gasteiger partial charge >= 0.3 is 6.03 Å². The summed E-state index contributed by atoms with van der Waals surface area (Å²) in [6.07, 6.45) is 0. The molecule has 0 radical (unpaired) electrons. The van der Waals surface area contributed by atoms with E-state index >= 15 is 0 Å². The maximum absolute atomic E-state index is 13.3. The number of thiophene rings is 1. The third-order valence-corrected chi connectivity index (χ3v) is 6.53. The molecule has 1 fully saturated rings. The van der Waals surface area contributed by atoms with Crippen molar-refractivity contribution in [1.29, 1.82) is 0 Å². The molecule has 5 rings (SSSR count). The summed E-state index contributed by atoms with van der Waals surface area (Å²) in [5, 5.41) is 7.37. The third-order valence-electron chi connectivity index (χ3n) is 5.80. The van der Waals surface area contributed by atoms with Gasteiger partial charge < -0.3 is 15.0 Å². The average molecular weight is 420 g/mol. The molecule has 1 aromatic heterocycles. The standard InChI is InChI=1S/C24H25N3O2S/c28-24-25-11-12-29-22-9-5-4-8-21(22)23(19-6-2-1-3-7-19)27(24)20-15-26(16-20)14-18-10-13-30-17-18/h1-10,13,17,20,23H,11-12,14-16H2,(H,25,28). The number of nitrogens with one attached hydrogen (secondary N) is 1. The van der Waals surface area contributed by atoms with Crippen LogP contribution in [0.15, 0.2) is 71.4 Å². The topological polar surface area (TPSA) is 44.8 Å². The van der Waals surface area contributed by atoms with Gasteiger partial charge in [-0.3, -0.25) is 4.90 Å². The fraction of sp³-hybridized carbons (Fsp3) is 0.292. The van der Waals surface area contributed by atoms with Crippen molar-refractivity contribution in [3.63, 3.8) is 0 Å². The normalized spacial score (nSPS) is 20.2. The van der Waals surface area contributed by atoms with Crippen LogP contribution in [0.1, 0.15) is 22.7 Å². The Bertz CT molecular complexity index is 987. The Morgan fingerprint density at radius 1 is 1.03 bits per heavy atom. The van der Waals surface area contributed by atoms with E-state index in [1.54, 1.807) is 11.3 Å². The Hall–Kier alpha value is -2.83. The first kappa shape index (κ1) is 19.2. The van der Waals surface area contributed by atoms with Crippen molar-refractivity contribution in [2.45, 2.75) is 18.6 Å². The van der Waals surface area contributed by atoms with E-state index in [0.29, 0.717) is 13.2 Å². The molecular weight excluding hydrogens is 394 g/mol. The van der Waals surface area contributed by atoms with Gasteiger partial charge in [0.05, 0.1) is 18.6 Å². The molecule has 1 unspecified atom stereocenters. The number of likely N-dealkylation sites (tertiary alicyclic amines) is 1. The van der Waals surface area contributed by atoms with Gasteiger partial charge in [0, 0.05) is 25.2 Å². The molecule has 0 saturated carbocycles. The molecule has 3 aromatic rings. The highest BCUT2D eigenvalue weighted by Crippen LogP contribution is 2.38. The van der Waals surface area contributed by atoms with E-state index in [1.165, 1.54) is 5.56 Å². The highest BCUT2D eigenvalue weighted by atomic mass is 32.1. The molecule has 0 aliphatic carbocycles. The minimum Gasteiger partial charge on any atom is -0.491 e. The van der Waals surface area contributed by atoms with Crippen LogP contribution in [0.2, 0.25) is 0 Å². The van der Waals surface area contributed by atoms with Crippen LogP contribution in [0, 0.1) is 0 Å². The maximum Gasteiger partial charge on any atom is 0.318 e. The number of fused-ring (bicyclic) bond motifs is 1. The number of nitrogens with zero attached hydrogens (tertiary/aromatic N) is 2. The number of carbonyl (C=O) groups is 1. The van der Waals surface area contributed by atoms with Crippen molar-refractivity contribution in [2.24, 2.45) is 0 Å². The lowest BCUT2D eigenvalue weighted by atomic mass is 9.93. The molecular formula is C24H25N3O2S. The van der Waals surface area contributed by atoms with Crippen LogP contribution < -0.4 is 10.1 Å². The van der Waals surface area contributed by atoms with Crippen LogP contribution in [-0.2, 0) is 6.54 Å².